The second-order valence-corrected chi connectivity index (χ2v) is 7.01. The Labute approximate surface area is 159 Å². The van der Waals surface area contributed by atoms with Crippen molar-refractivity contribution in [3.05, 3.63) is 75.9 Å². The molecule has 0 fully saturated rings. The largest absolute Gasteiger partial charge is 0.357 e. The molecular weight excluding hydrogens is 402 g/mol. The topological polar surface area (TPSA) is 46.9 Å². The first-order valence-electron chi connectivity index (χ1n) is 7.84. The summed E-state index contributed by atoms with van der Waals surface area (Å²) < 4.78 is 2.69. The van der Waals surface area contributed by atoms with Crippen LogP contribution in [0.1, 0.15) is 11.6 Å². The fourth-order valence-electron chi connectivity index (χ4n) is 2.67. The van der Waals surface area contributed by atoms with Crippen LogP contribution in [-0.4, -0.2) is 22.7 Å². The molecule has 0 aliphatic heterocycles. The molecule has 1 N–H and O–H groups in total. The molecular formula is C19H17BrClN3O. The average molecular weight is 419 g/mol. The van der Waals surface area contributed by atoms with E-state index in [0.717, 1.165) is 21.3 Å². The molecule has 6 heteroatoms. The van der Waals surface area contributed by atoms with E-state index < -0.39 is 6.04 Å². The molecule has 0 aliphatic carbocycles. The summed E-state index contributed by atoms with van der Waals surface area (Å²) in [4.78, 5) is 12.4. The van der Waals surface area contributed by atoms with Crippen molar-refractivity contribution in [2.24, 2.45) is 0 Å². The van der Waals surface area contributed by atoms with E-state index in [1.807, 2.05) is 60.8 Å². The zero-order chi connectivity index (χ0) is 17.8. The Bertz CT molecular complexity index is 894. The van der Waals surface area contributed by atoms with Crippen molar-refractivity contribution in [1.29, 1.82) is 0 Å². The predicted octanol–water partition coefficient (Wildman–Crippen LogP) is 4.50. The van der Waals surface area contributed by atoms with Gasteiger partial charge in [0.2, 0.25) is 5.91 Å². The number of likely N-dealkylation sites (N-methyl/N-ethyl adjacent to an activating group) is 1. The van der Waals surface area contributed by atoms with E-state index >= 15 is 0 Å². The molecule has 128 valence electrons. The Kier molecular flexibility index (Phi) is 5.56. The van der Waals surface area contributed by atoms with Crippen molar-refractivity contribution in [3.63, 3.8) is 0 Å². The Morgan fingerprint density at radius 1 is 1.24 bits per heavy atom. The number of rotatable bonds is 5. The molecule has 0 aliphatic rings. The monoisotopic (exact) mass is 417 g/mol. The van der Waals surface area contributed by atoms with Gasteiger partial charge in [0.05, 0.1) is 5.69 Å². The van der Waals surface area contributed by atoms with Crippen molar-refractivity contribution >= 4 is 33.4 Å². The lowest BCUT2D eigenvalue weighted by molar-refractivity contribution is -0.124. The Morgan fingerprint density at radius 3 is 2.76 bits per heavy atom. The van der Waals surface area contributed by atoms with Gasteiger partial charge in [0.1, 0.15) is 6.04 Å². The lowest BCUT2D eigenvalue weighted by Crippen LogP contribution is -2.31. The van der Waals surface area contributed by atoms with Crippen LogP contribution in [0.3, 0.4) is 0 Å². The third kappa shape index (κ3) is 4.30. The van der Waals surface area contributed by atoms with E-state index in [1.54, 1.807) is 11.7 Å². The SMILES string of the molecule is CNC(=O)C(Cc1cccc(Br)c1)n1ccc(-c2cccc(Cl)c2)n1. The Hall–Kier alpha value is -2.11. The summed E-state index contributed by atoms with van der Waals surface area (Å²) in [5, 5.41) is 7.98. The van der Waals surface area contributed by atoms with Gasteiger partial charge in [0.15, 0.2) is 0 Å². The molecule has 1 atom stereocenters. The van der Waals surface area contributed by atoms with E-state index in [2.05, 4.69) is 26.3 Å². The molecule has 0 spiro atoms. The molecule has 0 saturated heterocycles. The van der Waals surface area contributed by atoms with Gasteiger partial charge >= 0.3 is 0 Å². The van der Waals surface area contributed by atoms with Gasteiger partial charge in [-0.05, 0) is 35.9 Å². The number of nitrogens with zero attached hydrogens (tertiary/aromatic N) is 2. The van der Waals surface area contributed by atoms with E-state index in [9.17, 15) is 4.79 Å². The normalized spacial score (nSPS) is 12.0. The molecule has 3 aromatic rings. The number of benzene rings is 2. The molecule has 1 amide bonds. The summed E-state index contributed by atoms with van der Waals surface area (Å²) in [6, 6.07) is 16.9. The second-order valence-electron chi connectivity index (χ2n) is 5.66. The second kappa shape index (κ2) is 7.85. The van der Waals surface area contributed by atoms with Gasteiger partial charge in [0.25, 0.3) is 0 Å². The van der Waals surface area contributed by atoms with Gasteiger partial charge in [-0.2, -0.15) is 5.10 Å². The minimum atomic E-state index is -0.424. The first-order valence-corrected chi connectivity index (χ1v) is 9.01. The molecule has 0 saturated carbocycles. The molecule has 0 radical (unpaired) electrons. The number of nitrogens with one attached hydrogen (secondary N) is 1. The van der Waals surface area contributed by atoms with Crippen LogP contribution in [0.15, 0.2) is 65.3 Å². The average Bonchev–Trinajstić information content (AvgIpc) is 3.09. The molecule has 25 heavy (non-hydrogen) atoms. The standard InChI is InChI=1S/C19H17BrClN3O/c1-22-19(25)18(11-13-4-2-6-15(20)10-13)24-9-8-17(23-24)14-5-3-7-16(21)12-14/h2-10,12,18H,11H2,1H3,(H,22,25). The van der Waals surface area contributed by atoms with Crippen molar-refractivity contribution < 1.29 is 4.79 Å². The lowest BCUT2D eigenvalue weighted by Gasteiger charge is -2.16. The van der Waals surface area contributed by atoms with Crippen LogP contribution in [0, 0.1) is 0 Å². The number of hydrogen-bond acceptors (Lipinski definition) is 2. The summed E-state index contributed by atoms with van der Waals surface area (Å²) in [7, 11) is 1.64. The number of amides is 1. The molecule has 2 aromatic carbocycles. The summed E-state index contributed by atoms with van der Waals surface area (Å²) in [6.07, 6.45) is 2.38. The number of halogens is 2. The van der Waals surface area contributed by atoms with Gasteiger partial charge in [-0.1, -0.05) is 51.8 Å². The highest BCUT2D eigenvalue weighted by Gasteiger charge is 2.21. The first kappa shape index (κ1) is 17.7. The zero-order valence-corrected chi connectivity index (χ0v) is 16.0. The first-order chi connectivity index (χ1) is 12.1. The minimum Gasteiger partial charge on any atom is -0.357 e. The smallest absolute Gasteiger partial charge is 0.244 e. The molecule has 1 heterocycles. The Balaban J connectivity index is 1.91. The summed E-state index contributed by atoms with van der Waals surface area (Å²) in [5.41, 5.74) is 2.76. The van der Waals surface area contributed by atoms with E-state index in [1.165, 1.54) is 0 Å². The van der Waals surface area contributed by atoms with Crippen LogP contribution in [0.4, 0.5) is 0 Å². The quantitative estimate of drug-likeness (QED) is 0.663. The van der Waals surface area contributed by atoms with Crippen molar-refractivity contribution in [2.45, 2.75) is 12.5 Å². The van der Waals surface area contributed by atoms with Crippen LogP contribution in [-0.2, 0) is 11.2 Å². The van der Waals surface area contributed by atoms with Gasteiger partial charge in [-0.3, -0.25) is 9.48 Å². The van der Waals surface area contributed by atoms with Crippen molar-refractivity contribution in [1.82, 2.24) is 15.1 Å². The predicted molar refractivity (Wildman–Crippen MR) is 104 cm³/mol. The number of carbonyl (C=O) groups excluding carboxylic acids is 1. The highest BCUT2D eigenvalue weighted by Crippen LogP contribution is 2.23. The molecule has 0 bridgehead atoms. The van der Waals surface area contributed by atoms with E-state index in [-0.39, 0.29) is 5.91 Å². The zero-order valence-electron chi connectivity index (χ0n) is 13.6. The molecule has 3 rings (SSSR count). The van der Waals surface area contributed by atoms with Crippen LogP contribution in [0.25, 0.3) is 11.3 Å². The summed E-state index contributed by atoms with van der Waals surface area (Å²) in [6.45, 7) is 0. The maximum Gasteiger partial charge on any atom is 0.244 e. The Morgan fingerprint density at radius 2 is 2.04 bits per heavy atom. The van der Waals surface area contributed by atoms with Gasteiger partial charge in [0, 0.05) is 34.7 Å². The van der Waals surface area contributed by atoms with E-state index in [4.69, 9.17) is 11.6 Å². The fourth-order valence-corrected chi connectivity index (χ4v) is 3.31. The van der Waals surface area contributed by atoms with E-state index in [0.29, 0.717) is 11.4 Å². The third-order valence-corrected chi connectivity index (χ3v) is 4.64. The van der Waals surface area contributed by atoms with Gasteiger partial charge in [-0.15, -0.1) is 0 Å². The van der Waals surface area contributed by atoms with Crippen LogP contribution in [0.5, 0.6) is 0 Å². The summed E-state index contributed by atoms with van der Waals surface area (Å²) in [5.74, 6) is -0.0827. The number of aromatic nitrogens is 2. The third-order valence-electron chi connectivity index (χ3n) is 3.92. The van der Waals surface area contributed by atoms with Crippen molar-refractivity contribution in [3.8, 4) is 11.3 Å². The molecule has 1 unspecified atom stereocenters. The maximum absolute atomic E-state index is 12.4. The van der Waals surface area contributed by atoms with Crippen LogP contribution in [0.2, 0.25) is 5.02 Å². The number of hydrogen-bond donors (Lipinski definition) is 1. The highest BCUT2D eigenvalue weighted by molar-refractivity contribution is 9.10. The maximum atomic E-state index is 12.4. The summed E-state index contributed by atoms with van der Waals surface area (Å²) >= 11 is 9.52. The lowest BCUT2D eigenvalue weighted by atomic mass is 10.1. The van der Waals surface area contributed by atoms with Crippen LogP contribution >= 0.6 is 27.5 Å². The van der Waals surface area contributed by atoms with Crippen molar-refractivity contribution in [2.75, 3.05) is 7.05 Å². The van der Waals surface area contributed by atoms with Gasteiger partial charge < -0.3 is 5.32 Å². The molecule has 1 aromatic heterocycles. The number of carbonyl (C=O) groups is 1. The highest BCUT2D eigenvalue weighted by atomic mass is 79.9. The minimum absolute atomic E-state index is 0.0827. The van der Waals surface area contributed by atoms with Gasteiger partial charge in [-0.25, -0.2) is 0 Å². The van der Waals surface area contributed by atoms with Crippen LogP contribution < -0.4 is 5.32 Å². The fraction of sp³-hybridized carbons (Fsp3) is 0.158. The molecule has 4 nitrogen and oxygen atoms in total.